The third kappa shape index (κ3) is 3.02. The molecule has 4 rings (SSSR count). The van der Waals surface area contributed by atoms with Crippen LogP contribution in [0.25, 0.3) is 33.9 Å². The molecule has 0 amide bonds. The van der Waals surface area contributed by atoms with E-state index in [2.05, 4.69) is 22.1 Å². The average Bonchev–Trinajstić information content (AvgIpc) is 3.15. The molecule has 4 aromatic rings. The fourth-order valence-corrected chi connectivity index (χ4v) is 2.78. The van der Waals surface area contributed by atoms with Gasteiger partial charge in [0.15, 0.2) is 0 Å². The summed E-state index contributed by atoms with van der Waals surface area (Å²) in [5.74, 6) is 1.63. The quantitative estimate of drug-likeness (QED) is 0.585. The first-order valence-electron chi connectivity index (χ1n) is 8.05. The first-order valence-corrected chi connectivity index (χ1v) is 8.05. The summed E-state index contributed by atoms with van der Waals surface area (Å²) in [6.07, 6.45) is 3.57. The first kappa shape index (κ1) is 15.1. The van der Waals surface area contributed by atoms with Gasteiger partial charge in [-0.25, -0.2) is 4.98 Å². The molecule has 0 aliphatic heterocycles. The van der Waals surface area contributed by atoms with Crippen LogP contribution in [-0.4, -0.2) is 22.1 Å². The van der Waals surface area contributed by atoms with E-state index in [1.807, 2.05) is 60.8 Å². The lowest BCUT2D eigenvalue weighted by molar-refractivity contribution is 0.415. The molecule has 2 aromatic carbocycles. The Labute approximate surface area is 146 Å². The lowest BCUT2D eigenvalue weighted by atomic mass is 10.1. The number of nitrogens with zero attached hydrogens (tertiary/aromatic N) is 2. The highest BCUT2D eigenvalue weighted by Gasteiger charge is 2.15. The SMILES string of the molecule is COc1ccc(-c2[nH]c(-c3cccnc3)nc2-c2ccccc2)cc1. The molecule has 0 saturated carbocycles. The van der Waals surface area contributed by atoms with Crippen LogP contribution in [0, 0.1) is 0 Å². The van der Waals surface area contributed by atoms with Crippen molar-refractivity contribution in [2.24, 2.45) is 0 Å². The second-order valence-electron chi connectivity index (χ2n) is 5.65. The van der Waals surface area contributed by atoms with Gasteiger partial charge in [0, 0.05) is 29.1 Å². The van der Waals surface area contributed by atoms with Crippen LogP contribution in [0.3, 0.4) is 0 Å². The van der Waals surface area contributed by atoms with Crippen molar-refractivity contribution in [3.8, 4) is 39.7 Å². The molecule has 2 heterocycles. The predicted octanol–water partition coefficient (Wildman–Crippen LogP) is 4.81. The number of aromatic nitrogens is 3. The Hall–Kier alpha value is -3.40. The van der Waals surface area contributed by atoms with Crippen LogP contribution >= 0.6 is 0 Å². The number of hydrogen-bond donors (Lipinski definition) is 1. The van der Waals surface area contributed by atoms with E-state index in [4.69, 9.17) is 9.72 Å². The van der Waals surface area contributed by atoms with E-state index in [1.165, 1.54) is 0 Å². The van der Waals surface area contributed by atoms with Gasteiger partial charge in [-0.05, 0) is 36.4 Å². The van der Waals surface area contributed by atoms with Crippen molar-refractivity contribution in [1.29, 1.82) is 0 Å². The van der Waals surface area contributed by atoms with Gasteiger partial charge in [0.2, 0.25) is 0 Å². The first-order chi connectivity index (χ1) is 12.3. The molecule has 1 N–H and O–H groups in total. The van der Waals surface area contributed by atoms with Gasteiger partial charge in [0.25, 0.3) is 0 Å². The molecule has 122 valence electrons. The standard InChI is InChI=1S/C21H17N3O/c1-25-18-11-9-16(10-12-18)20-19(15-6-3-2-4-7-15)23-21(24-20)17-8-5-13-22-14-17/h2-14H,1H3,(H,23,24). The molecule has 2 aromatic heterocycles. The number of hydrogen-bond acceptors (Lipinski definition) is 3. The number of pyridine rings is 1. The molecular weight excluding hydrogens is 310 g/mol. The van der Waals surface area contributed by atoms with Gasteiger partial charge >= 0.3 is 0 Å². The Balaban J connectivity index is 1.87. The Morgan fingerprint density at radius 3 is 2.24 bits per heavy atom. The molecule has 0 saturated heterocycles. The molecule has 0 aliphatic rings. The zero-order chi connectivity index (χ0) is 17.1. The molecule has 0 fully saturated rings. The molecule has 0 atom stereocenters. The van der Waals surface area contributed by atoms with Crippen LogP contribution in [0.4, 0.5) is 0 Å². The van der Waals surface area contributed by atoms with E-state index < -0.39 is 0 Å². The maximum Gasteiger partial charge on any atom is 0.140 e. The molecule has 0 spiro atoms. The summed E-state index contributed by atoms with van der Waals surface area (Å²) >= 11 is 0. The second kappa shape index (κ2) is 6.61. The molecular formula is C21H17N3O. The van der Waals surface area contributed by atoms with E-state index in [1.54, 1.807) is 13.3 Å². The van der Waals surface area contributed by atoms with Crippen molar-refractivity contribution in [1.82, 2.24) is 15.0 Å². The molecule has 0 unspecified atom stereocenters. The maximum absolute atomic E-state index is 5.26. The van der Waals surface area contributed by atoms with Gasteiger partial charge in [0.05, 0.1) is 18.5 Å². The van der Waals surface area contributed by atoms with Gasteiger partial charge in [-0.2, -0.15) is 0 Å². The lowest BCUT2D eigenvalue weighted by Gasteiger charge is -2.04. The second-order valence-corrected chi connectivity index (χ2v) is 5.65. The van der Waals surface area contributed by atoms with Crippen molar-refractivity contribution in [3.05, 3.63) is 79.1 Å². The van der Waals surface area contributed by atoms with Crippen LogP contribution in [0.5, 0.6) is 5.75 Å². The molecule has 0 aliphatic carbocycles. The van der Waals surface area contributed by atoms with Gasteiger partial charge < -0.3 is 9.72 Å². The number of imidazole rings is 1. The summed E-state index contributed by atoms with van der Waals surface area (Å²) < 4.78 is 5.26. The van der Waals surface area contributed by atoms with Gasteiger partial charge in [-0.15, -0.1) is 0 Å². The highest BCUT2D eigenvalue weighted by Crippen LogP contribution is 2.33. The van der Waals surface area contributed by atoms with Crippen LogP contribution in [0.2, 0.25) is 0 Å². The van der Waals surface area contributed by atoms with Crippen molar-refractivity contribution >= 4 is 0 Å². The molecule has 0 radical (unpaired) electrons. The molecule has 0 bridgehead atoms. The minimum absolute atomic E-state index is 0.803. The zero-order valence-corrected chi connectivity index (χ0v) is 13.8. The highest BCUT2D eigenvalue weighted by molar-refractivity contribution is 5.81. The van der Waals surface area contributed by atoms with Crippen molar-refractivity contribution in [2.45, 2.75) is 0 Å². The fraction of sp³-hybridized carbons (Fsp3) is 0.0476. The topological polar surface area (TPSA) is 50.8 Å². The summed E-state index contributed by atoms with van der Waals surface area (Å²) in [6, 6.07) is 22.1. The molecule has 25 heavy (non-hydrogen) atoms. The minimum Gasteiger partial charge on any atom is -0.497 e. The van der Waals surface area contributed by atoms with Gasteiger partial charge in [-0.1, -0.05) is 30.3 Å². The van der Waals surface area contributed by atoms with Crippen molar-refractivity contribution in [2.75, 3.05) is 7.11 Å². The van der Waals surface area contributed by atoms with E-state index in [-0.39, 0.29) is 0 Å². The van der Waals surface area contributed by atoms with Crippen molar-refractivity contribution < 1.29 is 4.74 Å². The maximum atomic E-state index is 5.26. The summed E-state index contributed by atoms with van der Waals surface area (Å²) in [4.78, 5) is 12.5. The minimum atomic E-state index is 0.803. The number of H-pyrrole nitrogens is 1. The summed E-state index contributed by atoms with van der Waals surface area (Å²) in [6.45, 7) is 0. The third-order valence-corrected chi connectivity index (χ3v) is 4.06. The molecule has 4 heteroatoms. The Bertz CT molecular complexity index is 961. The van der Waals surface area contributed by atoms with Crippen LogP contribution in [0.15, 0.2) is 79.1 Å². The third-order valence-electron chi connectivity index (χ3n) is 4.06. The number of nitrogens with one attached hydrogen (secondary N) is 1. The Morgan fingerprint density at radius 1 is 0.800 bits per heavy atom. The Morgan fingerprint density at radius 2 is 1.56 bits per heavy atom. The fourth-order valence-electron chi connectivity index (χ4n) is 2.78. The van der Waals surface area contributed by atoms with Crippen molar-refractivity contribution in [3.63, 3.8) is 0 Å². The van der Waals surface area contributed by atoms with Crippen LogP contribution in [-0.2, 0) is 0 Å². The highest BCUT2D eigenvalue weighted by atomic mass is 16.5. The number of aromatic amines is 1. The van der Waals surface area contributed by atoms with E-state index >= 15 is 0 Å². The van der Waals surface area contributed by atoms with Crippen LogP contribution in [0.1, 0.15) is 0 Å². The van der Waals surface area contributed by atoms with Gasteiger partial charge in [-0.3, -0.25) is 4.98 Å². The van der Waals surface area contributed by atoms with Crippen LogP contribution < -0.4 is 4.74 Å². The summed E-state index contributed by atoms with van der Waals surface area (Å²) in [5.41, 5.74) is 4.98. The number of rotatable bonds is 4. The lowest BCUT2D eigenvalue weighted by Crippen LogP contribution is -1.85. The molecule has 4 nitrogen and oxygen atoms in total. The number of methoxy groups -OCH3 is 1. The zero-order valence-electron chi connectivity index (χ0n) is 13.8. The van der Waals surface area contributed by atoms with E-state index in [9.17, 15) is 0 Å². The number of benzene rings is 2. The number of ether oxygens (including phenoxy) is 1. The summed E-state index contributed by atoms with van der Waals surface area (Å²) in [7, 11) is 1.67. The average molecular weight is 327 g/mol. The predicted molar refractivity (Wildman–Crippen MR) is 99.2 cm³/mol. The normalized spacial score (nSPS) is 10.6. The van der Waals surface area contributed by atoms with E-state index in [0.29, 0.717) is 0 Å². The smallest absolute Gasteiger partial charge is 0.140 e. The van der Waals surface area contributed by atoms with Gasteiger partial charge in [0.1, 0.15) is 11.6 Å². The largest absolute Gasteiger partial charge is 0.497 e. The Kier molecular flexibility index (Phi) is 4.01. The monoisotopic (exact) mass is 327 g/mol. The van der Waals surface area contributed by atoms with E-state index in [0.717, 1.165) is 39.7 Å². The summed E-state index contributed by atoms with van der Waals surface area (Å²) in [5, 5.41) is 0.